The normalized spacial score (nSPS) is 11.2. The first-order valence-corrected chi connectivity index (χ1v) is 9.45. The van der Waals surface area contributed by atoms with Crippen LogP contribution in [0.25, 0.3) is 5.69 Å². The molecule has 0 saturated heterocycles. The molecule has 0 aliphatic carbocycles. The first kappa shape index (κ1) is 19.4. The van der Waals surface area contributed by atoms with Gasteiger partial charge in [-0.15, -0.1) is 0 Å². The maximum atomic E-state index is 12.2. The van der Waals surface area contributed by atoms with Crippen LogP contribution in [0.2, 0.25) is 0 Å². The van der Waals surface area contributed by atoms with Gasteiger partial charge in [-0.3, -0.25) is 4.55 Å². The third-order valence-electron chi connectivity index (χ3n) is 3.98. The molecule has 0 aliphatic rings. The van der Waals surface area contributed by atoms with Crippen LogP contribution in [0.15, 0.2) is 73.1 Å². The average Bonchev–Trinajstić information content (AvgIpc) is 3.25. The Balaban J connectivity index is 2.02. The fourth-order valence-electron chi connectivity index (χ4n) is 2.69. The maximum Gasteiger partial charge on any atom is 0.340 e. The number of methoxy groups -OCH3 is 1. The summed E-state index contributed by atoms with van der Waals surface area (Å²) in [6.07, 6.45) is 3.58. The number of carbonyl (C=O) groups excluding carboxylic acids is 1. The Hall–Kier alpha value is -3.34. The smallest absolute Gasteiger partial charge is 0.340 e. The second-order valence-electron chi connectivity index (χ2n) is 5.77. The molecule has 3 rings (SSSR count). The van der Waals surface area contributed by atoms with Crippen LogP contribution in [0.5, 0.6) is 0 Å². The van der Waals surface area contributed by atoms with Crippen molar-refractivity contribution in [2.45, 2.75) is 6.54 Å². The van der Waals surface area contributed by atoms with Crippen molar-refractivity contribution in [3.63, 3.8) is 0 Å². The molecular formula is C21H18N2O4S. The standard InChI is InChI=1S/C21H18N2O4S/c1-27-21(24)19-11-7-10-18(20(19)22-13-5-6-14-22)12-15-23(28(25)26)16-17-8-3-2-4-9-17/h2-11,13-14H,16H2,1H3,(H,25,26). The Bertz CT molecular complexity index is 1040. The van der Waals surface area contributed by atoms with Gasteiger partial charge in [0.2, 0.25) is 0 Å². The Labute approximate surface area is 165 Å². The van der Waals surface area contributed by atoms with Gasteiger partial charge in [0.25, 0.3) is 11.3 Å². The lowest BCUT2D eigenvalue weighted by Gasteiger charge is -2.13. The number of rotatable bonds is 5. The number of benzene rings is 2. The van der Waals surface area contributed by atoms with Crippen molar-refractivity contribution >= 4 is 17.2 Å². The zero-order valence-corrected chi connectivity index (χ0v) is 15.9. The quantitative estimate of drug-likeness (QED) is 0.312. The minimum atomic E-state index is -2.28. The van der Waals surface area contributed by atoms with Crippen LogP contribution < -0.4 is 0 Å². The van der Waals surface area contributed by atoms with Crippen LogP contribution in [-0.2, 0) is 22.5 Å². The highest BCUT2D eigenvalue weighted by molar-refractivity contribution is 7.76. The molecule has 0 fully saturated rings. The highest BCUT2D eigenvalue weighted by atomic mass is 32.2. The van der Waals surface area contributed by atoms with Gasteiger partial charge < -0.3 is 9.30 Å². The molecule has 0 saturated carbocycles. The number of aromatic nitrogens is 1. The SMILES string of the molecule is COC(=O)c1cccc(C#CN(Cc2ccccc2)S(=O)O)c1-n1cccc1. The van der Waals surface area contributed by atoms with E-state index in [9.17, 15) is 13.6 Å². The van der Waals surface area contributed by atoms with Crippen LogP contribution in [0, 0.1) is 12.0 Å². The number of carbonyl (C=O) groups is 1. The van der Waals surface area contributed by atoms with Crippen molar-refractivity contribution in [2.24, 2.45) is 0 Å². The Morgan fingerprint density at radius 1 is 1.11 bits per heavy atom. The van der Waals surface area contributed by atoms with E-state index in [0.29, 0.717) is 16.8 Å². The highest BCUT2D eigenvalue weighted by Crippen LogP contribution is 2.21. The zero-order chi connectivity index (χ0) is 19.9. The van der Waals surface area contributed by atoms with E-state index >= 15 is 0 Å². The predicted octanol–water partition coefficient (Wildman–Crippen LogP) is 3.21. The summed E-state index contributed by atoms with van der Waals surface area (Å²) < 4.78 is 29.1. The Kier molecular flexibility index (Phi) is 6.27. The summed E-state index contributed by atoms with van der Waals surface area (Å²) in [5.41, 5.74) is 2.29. The van der Waals surface area contributed by atoms with Crippen LogP contribution >= 0.6 is 0 Å². The fraction of sp³-hybridized carbons (Fsp3) is 0.0952. The van der Waals surface area contributed by atoms with E-state index in [4.69, 9.17) is 4.74 Å². The summed E-state index contributed by atoms with van der Waals surface area (Å²) in [7, 11) is 1.32. The second kappa shape index (κ2) is 9.04. The summed E-state index contributed by atoms with van der Waals surface area (Å²) in [5, 5.41) is 0. The van der Waals surface area contributed by atoms with Crippen LogP contribution in [0.1, 0.15) is 21.5 Å². The lowest BCUT2D eigenvalue weighted by atomic mass is 10.1. The first-order valence-electron chi connectivity index (χ1n) is 8.39. The molecule has 3 aromatic rings. The molecule has 0 spiro atoms. The molecule has 0 bridgehead atoms. The topological polar surface area (TPSA) is 71.8 Å². The summed E-state index contributed by atoms with van der Waals surface area (Å²) in [4.78, 5) is 12.2. The van der Waals surface area contributed by atoms with E-state index < -0.39 is 17.2 Å². The molecule has 7 heteroatoms. The van der Waals surface area contributed by atoms with Crippen molar-refractivity contribution in [1.29, 1.82) is 0 Å². The summed E-state index contributed by atoms with van der Waals surface area (Å²) in [6, 6.07) is 20.8. The van der Waals surface area contributed by atoms with Gasteiger partial charge in [0.1, 0.15) is 0 Å². The van der Waals surface area contributed by atoms with Crippen molar-refractivity contribution in [3.8, 4) is 17.7 Å². The fourth-order valence-corrected chi connectivity index (χ4v) is 3.07. The van der Waals surface area contributed by atoms with Crippen molar-refractivity contribution in [1.82, 2.24) is 8.87 Å². The number of hydrogen-bond acceptors (Lipinski definition) is 3. The average molecular weight is 394 g/mol. The molecular weight excluding hydrogens is 376 g/mol. The molecule has 1 N–H and O–H groups in total. The zero-order valence-electron chi connectivity index (χ0n) is 15.1. The van der Waals surface area contributed by atoms with E-state index in [0.717, 1.165) is 9.87 Å². The summed E-state index contributed by atoms with van der Waals surface area (Å²) in [6.45, 7) is 0.187. The monoisotopic (exact) mass is 394 g/mol. The third kappa shape index (κ3) is 4.49. The predicted molar refractivity (Wildman–Crippen MR) is 107 cm³/mol. The van der Waals surface area contributed by atoms with Gasteiger partial charge in [-0.1, -0.05) is 36.4 Å². The highest BCUT2D eigenvalue weighted by Gasteiger charge is 2.16. The molecule has 1 aromatic heterocycles. The van der Waals surface area contributed by atoms with E-state index in [1.54, 1.807) is 35.2 Å². The van der Waals surface area contributed by atoms with Gasteiger partial charge >= 0.3 is 5.97 Å². The Morgan fingerprint density at radius 2 is 1.82 bits per heavy atom. The summed E-state index contributed by atoms with van der Waals surface area (Å²) in [5.74, 6) is 2.43. The first-order chi connectivity index (χ1) is 13.6. The van der Waals surface area contributed by atoms with Gasteiger partial charge in [0.05, 0.1) is 30.5 Å². The van der Waals surface area contributed by atoms with Gasteiger partial charge in [-0.05, 0) is 35.7 Å². The van der Waals surface area contributed by atoms with Crippen LogP contribution in [-0.4, -0.2) is 30.7 Å². The van der Waals surface area contributed by atoms with Gasteiger partial charge in [-0.25, -0.2) is 13.3 Å². The largest absolute Gasteiger partial charge is 0.465 e. The molecule has 0 amide bonds. The minimum Gasteiger partial charge on any atom is -0.465 e. The van der Waals surface area contributed by atoms with Gasteiger partial charge in [0, 0.05) is 18.4 Å². The van der Waals surface area contributed by atoms with Gasteiger partial charge in [-0.2, -0.15) is 0 Å². The van der Waals surface area contributed by atoms with E-state index in [1.165, 1.54) is 7.11 Å². The summed E-state index contributed by atoms with van der Waals surface area (Å²) >= 11 is -2.28. The van der Waals surface area contributed by atoms with Crippen molar-refractivity contribution in [3.05, 3.63) is 89.7 Å². The molecule has 1 atom stereocenters. The number of nitrogens with zero attached hydrogens (tertiary/aromatic N) is 2. The minimum absolute atomic E-state index is 0.187. The van der Waals surface area contributed by atoms with Crippen molar-refractivity contribution < 1.29 is 18.3 Å². The number of para-hydroxylation sites is 1. The molecule has 142 valence electrons. The molecule has 6 nitrogen and oxygen atoms in total. The van der Waals surface area contributed by atoms with Crippen LogP contribution in [0.4, 0.5) is 0 Å². The molecule has 1 unspecified atom stereocenters. The van der Waals surface area contributed by atoms with Crippen molar-refractivity contribution in [2.75, 3.05) is 7.11 Å². The number of esters is 1. The van der Waals surface area contributed by atoms with E-state index in [1.807, 2.05) is 42.5 Å². The maximum absolute atomic E-state index is 12.2. The molecule has 2 aromatic carbocycles. The van der Waals surface area contributed by atoms with E-state index in [-0.39, 0.29) is 6.54 Å². The lowest BCUT2D eigenvalue weighted by molar-refractivity contribution is 0.0600. The second-order valence-corrected chi connectivity index (χ2v) is 6.68. The lowest BCUT2D eigenvalue weighted by Crippen LogP contribution is -2.19. The van der Waals surface area contributed by atoms with E-state index in [2.05, 4.69) is 12.0 Å². The number of hydrogen-bond donors (Lipinski definition) is 1. The molecule has 28 heavy (non-hydrogen) atoms. The molecule has 0 radical (unpaired) electrons. The molecule has 0 aliphatic heterocycles. The van der Waals surface area contributed by atoms with Gasteiger partial charge in [0.15, 0.2) is 0 Å². The van der Waals surface area contributed by atoms with Crippen LogP contribution in [0.3, 0.4) is 0 Å². The number of ether oxygens (including phenoxy) is 1. The molecule has 1 heterocycles. The Morgan fingerprint density at radius 3 is 2.46 bits per heavy atom. The third-order valence-corrected chi connectivity index (χ3v) is 4.57.